The van der Waals surface area contributed by atoms with Gasteiger partial charge in [0.2, 0.25) is 15.3 Å². The summed E-state index contributed by atoms with van der Waals surface area (Å²) >= 11 is 5.56. The van der Waals surface area contributed by atoms with E-state index in [0.717, 1.165) is 12.8 Å². The zero-order valence-electron chi connectivity index (χ0n) is 10.6. The Morgan fingerprint density at radius 2 is 2.16 bits per heavy atom. The highest BCUT2D eigenvalue weighted by atomic mass is 35.5. The second kappa shape index (κ2) is 6.13. The molecule has 0 aromatic carbocycles. The Bertz CT molecular complexity index is 518. The number of nitrogens with zero attached hydrogens (tertiary/aromatic N) is 3. The summed E-state index contributed by atoms with van der Waals surface area (Å²) in [7, 11) is -1.91. The number of aromatic nitrogens is 2. The van der Waals surface area contributed by atoms with Crippen molar-refractivity contribution in [2.75, 3.05) is 26.8 Å². The van der Waals surface area contributed by atoms with Crippen LogP contribution in [0.2, 0.25) is 5.28 Å². The van der Waals surface area contributed by atoms with Crippen LogP contribution in [0.1, 0.15) is 12.8 Å². The molecule has 0 N–H and O–H groups in total. The van der Waals surface area contributed by atoms with Crippen LogP contribution in [0.4, 0.5) is 0 Å². The third-order valence-corrected chi connectivity index (χ3v) is 5.13. The quantitative estimate of drug-likeness (QED) is 0.781. The highest BCUT2D eigenvalue weighted by Crippen LogP contribution is 2.23. The molecule has 1 saturated heterocycles. The maximum atomic E-state index is 12.4. The lowest BCUT2D eigenvalue weighted by molar-refractivity contribution is 0.118. The van der Waals surface area contributed by atoms with Gasteiger partial charge >= 0.3 is 0 Å². The standard InChI is InChI=1S/C11H16ClN3O3S/c1-18-8-9-3-2-4-15(7-9)19(16,17)10-5-13-11(12)14-6-10/h5-6,9H,2-4,7-8H2,1H3. The largest absolute Gasteiger partial charge is 0.384 e. The maximum Gasteiger partial charge on any atom is 0.246 e. The lowest BCUT2D eigenvalue weighted by Gasteiger charge is -2.31. The molecule has 1 atom stereocenters. The van der Waals surface area contributed by atoms with Crippen LogP contribution in [0.25, 0.3) is 0 Å². The van der Waals surface area contributed by atoms with Crippen molar-refractivity contribution in [2.45, 2.75) is 17.7 Å². The Hall–Kier alpha value is -0.760. The molecule has 1 fully saturated rings. The van der Waals surface area contributed by atoms with E-state index in [9.17, 15) is 8.42 Å². The molecule has 19 heavy (non-hydrogen) atoms. The minimum Gasteiger partial charge on any atom is -0.384 e. The molecule has 6 nitrogen and oxygen atoms in total. The zero-order valence-corrected chi connectivity index (χ0v) is 12.2. The van der Waals surface area contributed by atoms with Crippen molar-refractivity contribution in [3.63, 3.8) is 0 Å². The summed E-state index contributed by atoms with van der Waals surface area (Å²) in [5.74, 6) is 0.238. The molecule has 0 radical (unpaired) electrons. The second-order valence-corrected chi connectivity index (χ2v) is 6.79. The fourth-order valence-electron chi connectivity index (χ4n) is 2.20. The molecule has 2 rings (SSSR count). The molecule has 106 valence electrons. The van der Waals surface area contributed by atoms with E-state index in [2.05, 4.69) is 9.97 Å². The smallest absolute Gasteiger partial charge is 0.246 e. The van der Waals surface area contributed by atoms with Gasteiger partial charge in [0, 0.05) is 20.2 Å². The van der Waals surface area contributed by atoms with Gasteiger partial charge in [-0.05, 0) is 30.4 Å². The number of methoxy groups -OCH3 is 1. The number of piperidine rings is 1. The van der Waals surface area contributed by atoms with Gasteiger partial charge < -0.3 is 4.74 Å². The lowest BCUT2D eigenvalue weighted by atomic mass is 10.0. The van der Waals surface area contributed by atoms with Crippen molar-refractivity contribution in [3.8, 4) is 0 Å². The van der Waals surface area contributed by atoms with Crippen molar-refractivity contribution in [2.24, 2.45) is 5.92 Å². The average Bonchev–Trinajstić information content (AvgIpc) is 2.40. The van der Waals surface area contributed by atoms with Gasteiger partial charge in [-0.2, -0.15) is 4.31 Å². The molecule has 0 bridgehead atoms. The monoisotopic (exact) mass is 305 g/mol. The highest BCUT2D eigenvalue weighted by Gasteiger charge is 2.30. The van der Waals surface area contributed by atoms with E-state index in [0.29, 0.717) is 19.7 Å². The molecule has 1 aliphatic heterocycles. The Morgan fingerprint density at radius 1 is 1.47 bits per heavy atom. The van der Waals surface area contributed by atoms with Crippen LogP contribution in [0.5, 0.6) is 0 Å². The SMILES string of the molecule is COCC1CCCN(S(=O)(=O)c2cnc(Cl)nc2)C1. The van der Waals surface area contributed by atoms with Crippen LogP contribution < -0.4 is 0 Å². The van der Waals surface area contributed by atoms with Crippen molar-refractivity contribution in [1.82, 2.24) is 14.3 Å². The number of halogens is 1. The first-order chi connectivity index (χ1) is 9.04. The summed E-state index contributed by atoms with van der Waals surface area (Å²) in [4.78, 5) is 7.52. The molecular weight excluding hydrogens is 290 g/mol. The number of sulfonamides is 1. The Kier molecular flexibility index (Phi) is 4.72. The first-order valence-corrected chi connectivity index (χ1v) is 7.82. The molecule has 1 unspecified atom stereocenters. The maximum absolute atomic E-state index is 12.4. The molecule has 0 spiro atoms. The van der Waals surface area contributed by atoms with Crippen LogP contribution in [0.3, 0.4) is 0 Å². The molecule has 1 aromatic heterocycles. The number of rotatable bonds is 4. The van der Waals surface area contributed by atoms with Gasteiger partial charge in [-0.3, -0.25) is 0 Å². The number of hydrogen-bond acceptors (Lipinski definition) is 5. The summed E-state index contributed by atoms with van der Waals surface area (Å²) in [6.45, 7) is 1.56. The normalized spacial score (nSPS) is 21.5. The summed E-state index contributed by atoms with van der Waals surface area (Å²) < 4.78 is 31.4. The molecule has 1 aromatic rings. The second-order valence-electron chi connectivity index (χ2n) is 4.51. The van der Waals surface area contributed by atoms with E-state index in [4.69, 9.17) is 16.3 Å². The Labute approximate surface area is 117 Å². The van der Waals surface area contributed by atoms with E-state index in [1.165, 1.54) is 16.7 Å². The topological polar surface area (TPSA) is 72.4 Å². The molecule has 0 amide bonds. The first kappa shape index (κ1) is 14.6. The van der Waals surface area contributed by atoms with Gasteiger partial charge in [0.1, 0.15) is 4.90 Å². The van der Waals surface area contributed by atoms with E-state index in [1.54, 1.807) is 7.11 Å². The minimum absolute atomic E-state index is 0.0369. The third-order valence-electron chi connectivity index (χ3n) is 3.12. The Morgan fingerprint density at radius 3 is 2.79 bits per heavy atom. The van der Waals surface area contributed by atoms with E-state index in [-0.39, 0.29) is 16.1 Å². The summed E-state index contributed by atoms with van der Waals surface area (Å²) in [5, 5.41) is 0.0369. The van der Waals surface area contributed by atoms with Crippen LogP contribution in [0, 0.1) is 5.92 Å². The van der Waals surface area contributed by atoms with Crippen LogP contribution in [-0.4, -0.2) is 49.5 Å². The van der Waals surface area contributed by atoms with E-state index >= 15 is 0 Å². The molecular formula is C11H16ClN3O3S. The summed E-state index contributed by atoms with van der Waals surface area (Å²) in [5.41, 5.74) is 0. The predicted molar refractivity (Wildman–Crippen MR) is 70.4 cm³/mol. The van der Waals surface area contributed by atoms with Crippen molar-refractivity contribution < 1.29 is 13.2 Å². The lowest BCUT2D eigenvalue weighted by Crippen LogP contribution is -2.41. The van der Waals surface area contributed by atoms with Gasteiger partial charge in [0.15, 0.2) is 0 Å². The van der Waals surface area contributed by atoms with Crippen LogP contribution in [-0.2, 0) is 14.8 Å². The van der Waals surface area contributed by atoms with Gasteiger partial charge in [-0.25, -0.2) is 18.4 Å². The van der Waals surface area contributed by atoms with Crippen molar-refractivity contribution >= 4 is 21.6 Å². The highest BCUT2D eigenvalue weighted by molar-refractivity contribution is 7.89. The van der Waals surface area contributed by atoms with Crippen molar-refractivity contribution in [1.29, 1.82) is 0 Å². The zero-order chi connectivity index (χ0) is 13.9. The van der Waals surface area contributed by atoms with Gasteiger partial charge in [0.25, 0.3) is 0 Å². The summed E-state index contributed by atoms with van der Waals surface area (Å²) in [6.07, 6.45) is 4.30. The molecule has 1 aliphatic rings. The third kappa shape index (κ3) is 3.42. The number of hydrogen-bond donors (Lipinski definition) is 0. The molecule has 0 aliphatic carbocycles. The fourth-order valence-corrected chi connectivity index (χ4v) is 3.74. The van der Waals surface area contributed by atoms with Crippen LogP contribution in [0.15, 0.2) is 17.3 Å². The van der Waals surface area contributed by atoms with Crippen LogP contribution >= 0.6 is 11.6 Å². The van der Waals surface area contributed by atoms with Crippen molar-refractivity contribution in [3.05, 3.63) is 17.7 Å². The average molecular weight is 306 g/mol. The van der Waals surface area contributed by atoms with Gasteiger partial charge in [-0.15, -0.1) is 0 Å². The molecule has 8 heteroatoms. The van der Waals surface area contributed by atoms with Gasteiger partial charge in [0.05, 0.1) is 19.0 Å². The molecule has 0 saturated carbocycles. The predicted octanol–water partition coefficient (Wildman–Crippen LogP) is 1.18. The molecule has 2 heterocycles. The Balaban J connectivity index is 2.17. The van der Waals surface area contributed by atoms with E-state index < -0.39 is 10.0 Å². The first-order valence-electron chi connectivity index (χ1n) is 6.00. The van der Waals surface area contributed by atoms with E-state index in [1.807, 2.05) is 0 Å². The number of ether oxygens (including phenoxy) is 1. The van der Waals surface area contributed by atoms with Gasteiger partial charge in [-0.1, -0.05) is 0 Å². The summed E-state index contributed by atoms with van der Waals surface area (Å²) in [6, 6.07) is 0. The fraction of sp³-hybridized carbons (Fsp3) is 0.636. The minimum atomic E-state index is -3.54.